The Kier molecular flexibility index (Phi) is 5.26. The van der Waals surface area contributed by atoms with Gasteiger partial charge < -0.3 is 15.0 Å². The van der Waals surface area contributed by atoms with Gasteiger partial charge in [0.2, 0.25) is 11.7 Å². The fourth-order valence-electron chi connectivity index (χ4n) is 2.07. The van der Waals surface area contributed by atoms with Crippen molar-refractivity contribution in [2.75, 3.05) is 7.11 Å². The molecule has 108 valence electrons. The van der Waals surface area contributed by atoms with Crippen LogP contribution < -0.4 is 5.73 Å². The van der Waals surface area contributed by atoms with Crippen LogP contribution in [-0.4, -0.2) is 17.3 Å². The Morgan fingerprint density at radius 2 is 2.05 bits per heavy atom. The predicted molar refractivity (Wildman–Crippen MR) is 76.0 cm³/mol. The van der Waals surface area contributed by atoms with E-state index in [4.69, 9.17) is 15.0 Å². The van der Waals surface area contributed by atoms with E-state index in [0.29, 0.717) is 11.7 Å². The molecule has 0 radical (unpaired) electrons. The average molecular weight is 275 g/mol. The molecule has 1 aromatic heterocycles. The van der Waals surface area contributed by atoms with Crippen LogP contribution in [0.4, 0.5) is 0 Å². The summed E-state index contributed by atoms with van der Waals surface area (Å²) in [5.74, 6) is 0.993. The lowest BCUT2D eigenvalue weighted by Crippen LogP contribution is -2.11. The van der Waals surface area contributed by atoms with Crippen molar-refractivity contribution in [3.63, 3.8) is 0 Å². The molecule has 5 heteroatoms. The molecule has 20 heavy (non-hydrogen) atoms. The molecule has 1 aromatic carbocycles. The molecule has 0 spiro atoms. The lowest BCUT2D eigenvalue weighted by Gasteiger charge is -2.11. The molecule has 0 fully saturated rings. The molecule has 2 rings (SSSR count). The summed E-state index contributed by atoms with van der Waals surface area (Å²) in [7, 11) is 1.63. The molecule has 2 unspecified atom stereocenters. The number of methoxy groups -OCH3 is 1. The maximum atomic E-state index is 6.04. The maximum Gasteiger partial charge on any atom is 0.243 e. The van der Waals surface area contributed by atoms with Crippen LogP contribution in [0.5, 0.6) is 0 Å². The topological polar surface area (TPSA) is 74.2 Å². The lowest BCUT2D eigenvalue weighted by molar-refractivity contribution is 0.126. The number of hydrogen-bond acceptors (Lipinski definition) is 5. The van der Waals surface area contributed by atoms with Crippen molar-refractivity contribution in [1.82, 2.24) is 10.1 Å². The Bertz CT molecular complexity index is 513. The summed E-state index contributed by atoms with van der Waals surface area (Å²) >= 11 is 0. The largest absolute Gasteiger partial charge is 0.369 e. The SMILES string of the molecule is CCCCC(N)c1nc(C(OC)c2ccccc2)no1. The second kappa shape index (κ2) is 7.17. The number of unbranched alkanes of at least 4 members (excludes halogenated alkanes) is 1. The molecule has 1 heterocycles. The highest BCUT2D eigenvalue weighted by molar-refractivity contribution is 5.22. The Hall–Kier alpha value is -1.72. The van der Waals surface area contributed by atoms with Crippen LogP contribution in [0.25, 0.3) is 0 Å². The third-order valence-electron chi connectivity index (χ3n) is 3.22. The van der Waals surface area contributed by atoms with E-state index in [1.807, 2.05) is 30.3 Å². The predicted octanol–water partition coefficient (Wildman–Crippen LogP) is 3.00. The van der Waals surface area contributed by atoms with Gasteiger partial charge in [-0.3, -0.25) is 0 Å². The first-order valence-electron chi connectivity index (χ1n) is 6.93. The molecule has 0 aliphatic carbocycles. The number of hydrogen-bond donors (Lipinski definition) is 1. The van der Waals surface area contributed by atoms with Gasteiger partial charge in [-0.15, -0.1) is 0 Å². The number of ether oxygens (including phenoxy) is 1. The first kappa shape index (κ1) is 14.7. The summed E-state index contributed by atoms with van der Waals surface area (Å²) in [5, 5.41) is 4.00. The smallest absolute Gasteiger partial charge is 0.243 e. The summed E-state index contributed by atoms with van der Waals surface area (Å²) in [4.78, 5) is 4.38. The number of nitrogens with zero attached hydrogens (tertiary/aromatic N) is 2. The van der Waals surface area contributed by atoms with Gasteiger partial charge in [-0.05, 0) is 12.0 Å². The molecule has 0 aliphatic heterocycles. The Morgan fingerprint density at radius 3 is 2.70 bits per heavy atom. The van der Waals surface area contributed by atoms with Gasteiger partial charge in [0, 0.05) is 7.11 Å². The highest BCUT2D eigenvalue weighted by Gasteiger charge is 2.22. The minimum atomic E-state index is -0.327. The molecular weight excluding hydrogens is 254 g/mol. The van der Waals surface area contributed by atoms with Gasteiger partial charge in [0.1, 0.15) is 6.10 Å². The highest BCUT2D eigenvalue weighted by Crippen LogP contribution is 2.24. The zero-order chi connectivity index (χ0) is 14.4. The Morgan fingerprint density at radius 1 is 1.30 bits per heavy atom. The molecule has 0 amide bonds. The van der Waals surface area contributed by atoms with Crippen molar-refractivity contribution in [3.8, 4) is 0 Å². The van der Waals surface area contributed by atoms with E-state index >= 15 is 0 Å². The molecular formula is C15H21N3O2. The molecule has 5 nitrogen and oxygen atoms in total. The molecule has 0 saturated heterocycles. The van der Waals surface area contributed by atoms with Crippen LogP contribution in [0.15, 0.2) is 34.9 Å². The van der Waals surface area contributed by atoms with Gasteiger partial charge in [0.25, 0.3) is 0 Å². The second-order valence-corrected chi connectivity index (χ2v) is 4.77. The van der Waals surface area contributed by atoms with E-state index in [-0.39, 0.29) is 12.1 Å². The van der Waals surface area contributed by atoms with Crippen molar-refractivity contribution in [2.45, 2.75) is 38.3 Å². The molecule has 2 N–H and O–H groups in total. The summed E-state index contributed by atoms with van der Waals surface area (Å²) in [6.45, 7) is 2.13. The van der Waals surface area contributed by atoms with Crippen molar-refractivity contribution in [3.05, 3.63) is 47.6 Å². The van der Waals surface area contributed by atoms with Crippen LogP contribution in [0.1, 0.15) is 55.6 Å². The minimum absolute atomic E-state index is 0.204. The first-order chi connectivity index (χ1) is 9.76. The normalized spacial score (nSPS) is 14.2. The molecule has 0 saturated carbocycles. The van der Waals surface area contributed by atoms with Crippen LogP contribution in [0.3, 0.4) is 0 Å². The number of rotatable bonds is 7. The third-order valence-corrected chi connectivity index (χ3v) is 3.22. The summed E-state index contributed by atoms with van der Waals surface area (Å²) in [6, 6.07) is 9.61. The van der Waals surface area contributed by atoms with E-state index in [9.17, 15) is 0 Å². The van der Waals surface area contributed by atoms with E-state index in [0.717, 1.165) is 24.8 Å². The number of nitrogens with two attached hydrogens (primary N) is 1. The standard InChI is InChI=1S/C15H21N3O2/c1-3-4-10-12(16)15-17-14(18-20-15)13(19-2)11-8-6-5-7-9-11/h5-9,12-13H,3-4,10,16H2,1-2H3. The third kappa shape index (κ3) is 3.43. The summed E-state index contributed by atoms with van der Waals surface area (Å²) in [6.07, 6.45) is 2.67. The quantitative estimate of drug-likeness (QED) is 0.840. The van der Waals surface area contributed by atoms with E-state index in [1.54, 1.807) is 7.11 Å². The minimum Gasteiger partial charge on any atom is -0.369 e. The molecule has 2 aromatic rings. The fourth-order valence-corrected chi connectivity index (χ4v) is 2.07. The van der Waals surface area contributed by atoms with E-state index in [1.165, 1.54) is 0 Å². The van der Waals surface area contributed by atoms with Crippen molar-refractivity contribution >= 4 is 0 Å². The van der Waals surface area contributed by atoms with Gasteiger partial charge in [-0.2, -0.15) is 4.98 Å². The molecule has 2 atom stereocenters. The van der Waals surface area contributed by atoms with Gasteiger partial charge in [-0.1, -0.05) is 55.3 Å². The second-order valence-electron chi connectivity index (χ2n) is 4.77. The van der Waals surface area contributed by atoms with Crippen LogP contribution >= 0.6 is 0 Å². The number of aromatic nitrogens is 2. The summed E-state index contributed by atoms with van der Waals surface area (Å²) in [5.41, 5.74) is 7.03. The summed E-state index contributed by atoms with van der Waals surface area (Å²) < 4.78 is 10.7. The van der Waals surface area contributed by atoms with Gasteiger partial charge in [0.15, 0.2) is 0 Å². The maximum absolute atomic E-state index is 6.04. The zero-order valence-corrected chi connectivity index (χ0v) is 12.0. The zero-order valence-electron chi connectivity index (χ0n) is 12.0. The monoisotopic (exact) mass is 275 g/mol. The molecule has 0 aliphatic rings. The lowest BCUT2D eigenvalue weighted by atomic mass is 10.1. The Balaban J connectivity index is 2.14. The van der Waals surface area contributed by atoms with Gasteiger partial charge in [0.05, 0.1) is 6.04 Å². The van der Waals surface area contributed by atoms with Crippen molar-refractivity contribution in [2.24, 2.45) is 5.73 Å². The van der Waals surface area contributed by atoms with Crippen molar-refractivity contribution in [1.29, 1.82) is 0 Å². The fraction of sp³-hybridized carbons (Fsp3) is 0.467. The van der Waals surface area contributed by atoms with E-state index < -0.39 is 0 Å². The Labute approximate surface area is 119 Å². The highest BCUT2D eigenvalue weighted by atomic mass is 16.5. The van der Waals surface area contributed by atoms with Crippen LogP contribution in [-0.2, 0) is 4.74 Å². The van der Waals surface area contributed by atoms with Crippen molar-refractivity contribution < 1.29 is 9.26 Å². The number of benzene rings is 1. The molecule has 0 bridgehead atoms. The average Bonchev–Trinajstić information content (AvgIpc) is 2.96. The van der Waals surface area contributed by atoms with Crippen LogP contribution in [0, 0.1) is 0 Å². The van der Waals surface area contributed by atoms with Gasteiger partial charge >= 0.3 is 0 Å². The van der Waals surface area contributed by atoms with E-state index in [2.05, 4.69) is 17.1 Å². The van der Waals surface area contributed by atoms with Crippen LogP contribution in [0.2, 0.25) is 0 Å². The first-order valence-corrected chi connectivity index (χ1v) is 6.93. The van der Waals surface area contributed by atoms with Gasteiger partial charge in [-0.25, -0.2) is 0 Å².